The zero-order valence-corrected chi connectivity index (χ0v) is 7.11. The normalized spacial score (nSPS) is 10.5. The number of rotatable bonds is 2. The molecule has 0 saturated carbocycles. The molecule has 1 rings (SSSR count). The van der Waals surface area contributed by atoms with E-state index in [1.54, 1.807) is 6.20 Å². The first kappa shape index (κ1) is 12.0. The molecule has 0 amide bonds. The summed E-state index contributed by atoms with van der Waals surface area (Å²) in [5.41, 5.74) is 0. The molecule has 2 nitrogen and oxygen atoms in total. The van der Waals surface area contributed by atoms with Crippen LogP contribution >= 0.6 is 0 Å². The molecule has 0 bridgehead atoms. The highest BCUT2D eigenvalue weighted by Crippen LogP contribution is 2.06. The van der Waals surface area contributed by atoms with Crippen LogP contribution in [0.25, 0.3) is 0 Å². The number of imidazole rings is 1. The summed E-state index contributed by atoms with van der Waals surface area (Å²) in [6.07, 6.45) is 5.86. The van der Waals surface area contributed by atoms with Gasteiger partial charge in [-0.05, 0) is 6.42 Å². The van der Waals surface area contributed by atoms with Crippen LogP contribution in [0.3, 0.4) is 0 Å². The molecule has 0 unspecified atom stereocenters. The summed E-state index contributed by atoms with van der Waals surface area (Å²) < 4.78 is 39.0. The van der Waals surface area contributed by atoms with Gasteiger partial charge in [-0.3, -0.25) is 0 Å². The largest absolute Gasteiger partial charge is 0.673 e. The van der Waals surface area contributed by atoms with E-state index in [4.69, 9.17) is 0 Å². The molecule has 76 valence electrons. The third kappa shape index (κ3) is 11.0. The summed E-state index contributed by atoms with van der Waals surface area (Å²) in [5.74, 6) is 1.09. The van der Waals surface area contributed by atoms with Gasteiger partial charge in [-0.25, -0.2) is 4.98 Å². The summed E-state index contributed by atoms with van der Waals surface area (Å²) in [6.45, 7) is 2.14. The van der Waals surface area contributed by atoms with Crippen LogP contribution in [0, 0.1) is 0 Å². The van der Waals surface area contributed by atoms with Gasteiger partial charge in [-0.15, -0.1) is 0 Å². The van der Waals surface area contributed by atoms with E-state index in [-0.39, 0.29) is 0 Å². The maximum atomic E-state index is 9.75. The minimum Gasteiger partial charge on any atom is -0.418 e. The number of nitrogens with zero attached hydrogens (tertiary/aromatic N) is 1. The van der Waals surface area contributed by atoms with Crippen LogP contribution in [-0.4, -0.2) is 17.2 Å². The Morgan fingerprint density at radius 2 is 1.92 bits per heavy atom. The van der Waals surface area contributed by atoms with Gasteiger partial charge < -0.3 is 22.2 Å². The molecule has 1 aromatic heterocycles. The SMILES string of the molecule is CCCc1ncc[nH]1.F[B-](F)(F)F. The Bertz CT molecular complexity index is 203. The molecule has 0 spiro atoms. The standard InChI is InChI=1S/C6H10N2.BF4/c1-2-3-6-7-4-5-8-6;2-1(3,4)5/h4-5H,2-3H2,1H3,(H,7,8);/q;-1. The quantitative estimate of drug-likeness (QED) is 0.572. The van der Waals surface area contributed by atoms with Crippen LogP contribution in [0.1, 0.15) is 19.2 Å². The second-order valence-electron chi connectivity index (χ2n) is 2.28. The lowest BCUT2D eigenvalue weighted by molar-refractivity contribution is 0.368. The maximum absolute atomic E-state index is 9.75. The molecule has 0 aliphatic carbocycles. The van der Waals surface area contributed by atoms with E-state index in [1.807, 2.05) is 6.20 Å². The van der Waals surface area contributed by atoms with Gasteiger partial charge in [-0.1, -0.05) is 6.92 Å². The number of aromatic nitrogens is 2. The predicted octanol–water partition coefficient (Wildman–Crippen LogP) is 2.66. The molecule has 0 aliphatic rings. The third-order valence-corrected chi connectivity index (χ3v) is 1.04. The molecule has 0 atom stereocenters. The van der Waals surface area contributed by atoms with Crippen molar-refractivity contribution >= 4 is 7.25 Å². The summed E-state index contributed by atoms with van der Waals surface area (Å²) in [4.78, 5) is 7.08. The first-order valence-corrected chi connectivity index (χ1v) is 3.79. The molecule has 1 N–H and O–H groups in total. The number of aromatic amines is 1. The molecule has 1 heterocycles. The Labute approximate surface area is 73.5 Å². The molecule has 7 heteroatoms. The Balaban J connectivity index is 0.000000252. The van der Waals surface area contributed by atoms with Crippen LogP contribution < -0.4 is 0 Å². The van der Waals surface area contributed by atoms with Crippen molar-refractivity contribution in [1.29, 1.82) is 0 Å². The highest BCUT2D eigenvalue weighted by Gasteiger charge is 2.20. The van der Waals surface area contributed by atoms with E-state index >= 15 is 0 Å². The Hall–Kier alpha value is -1.01. The fourth-order valence-electron chi connectivity index (χ4n) is 0.671. The second-order valence-corrected chi connectivity index (χ2v) is 2.28. The van der Waals surface area contributed by atoms with Crippen LogP contribution in [0.4, 0.5) is 17.3 Å². The summed E-state index contributed by atoms with van der Waals surface area (Å²) in [5, 5.41) is 0. The van der Waals surface area contributed by atoms with Gasteiger partial charge in [0.1, 0.15) is 5.82 Å². The molecule has 1 aromatic rings. The lowest BCUT2D eigenvalue weighted by atomic mass is 10.3. The van der Waals surface area contributed by atoms with E-state index in [1.165, 1.54) is 0 Å². The van der Waals surface area contributed by atoms with E-state index in [0.717, 1.165) is 18.7 Å². The van der Waals surface area contributed by atoms with Crippen molar-refractivity contribution in [3.8, 4) is 0 Å². The van der Waals surface area contributed by atoms with Crippen molar-refractivity contribution in [3.05, 3.63) is 18.2 Å². The average Bonchev–Trinajstić information content (AvgIpc) is 2.36. The van der Waals surface area contributed by atoms with Crippen molar-refractivity contribution in [2.45, 2.75) is 19.8 Å². The average molecular weight is 197 g/mol. The first-order chi connectivity index (χ1) is 5.93. The molecule has 0 saturated heterocycles. The van der Waals surface area contributed by atoms with Crippen LogP contribution in [0.5, 0.6) is 0 Å². The van der Waals surface area contributed by atoms with E-state index in [2.05, 4.69) is 16.9 Å². The lowest BCUT2D eigenvalue weighted by Crippen LogP contribution is -2.02. The molecule has 0 fully saturated rings. The zero-order chi connectivity index (χ0) is 10.3. The zero-order valence-electron chi connectivity index (χ0n) is 7.11. The highest BCUT2D eigenvalue weighted by molar-refractivity contribution is 6.50. The number of aryl methyl sites for hydroxylation is 1. The Morgan fingerprint density at radius 1 is 1.38 bits per heavy atom. The van der Waals surface area contributed by atoms with Crippen molar-refractivity contribution in [3.63, 3.8) is 0 Å². The fraction of sp³-hybridized carbons (Fsp3) is 0.500. The molecular formula is C6H10BF4N2-. The Kier molecular flexibility index (Phi) is 5.17. The molecule has 13 heavy (non-hydrogen) atoms. The third-order valence-electron chi connectivity index (χ3n) is 1.04. The van der Waals surface area contributed by atoms with Gasteiger partial charge in [0.15, 0.2) is 0 Å². The van der Waals surface area contributed by atoms with Gasteiger partial charge in [0.2, 0.25) is 0 Å². The van der Waals surface area contributed by atoms with Gasteiger partial charge in [0.05, 0.1) is 0 Å². The van der Waals surface area contributed by atoms with Gasteiger partial charge in [0, 0.05) is 18.8 Å². The van der Waals surface area contributed by atoms with Crippen LogP contribution in [-0.2, 0) is 6.42 Å². The van der Waals surface area contributed by atoms with Gasteiger partial charge >= 0.3 is 7.25 Å². The molecule has 0 radical (unpaired) electrons. The topological polar surface area (TPSA) is 28.7 Å². The second kappa shape index (κ2) is 5.61. The molecule has 0 aromatic carbocycles. The minimum atomic E-state index is -6.00. The summed E-state index contributed by atoms with van der Waals surface area (Å²) in [6, 6.07) is 0. The molecule has 0 aliphatic heterocycles. The summed E-state index contributed by atoms with van der Waals surface area (Å²) >= 11 is 0. The monoisotopic (exact) mass is 197 g/mol. The summed E-state index contributed by atoms with van der Waals surface area (Å²) in [7, 11) is -6.00. The van der Waals surface area contributed by atoms with Crippen molar-refractivity contribution in [1.82, 2.24) is 9.97 Å². The number of hydrogen-bond donors (Lipinski definition) is 1. The minimum absolute atomic E-state index is 1.06. The van der Waals surface area contributed by atoms with Crippen molar-refractivity contribution < 1.29 is 17.3 Å². The number of nitrogens with one attached hydrogen (secondary N) is 1. The highest BCUT2D eigenvalue weighted by atomic mass is 19.5. The molecular weight excluding hydrogens is 187 g/mol. The smallest absolute Gasteiger partial charge is 0.418 e. The van der Waals surface area contributed by atoms with E-state index < -0.39 is 7.25 Å². The number of halogens is 4. The maximum Gasteiger partial charge on any atom is 0.673 e. The van der Waals surface area contributed by atoms with E-state index in [0.29, 0.717) is 0 Å². The van der Waals surface area contributed by atoms with Gasteiger partial charge in [0.25, 0.3) is 0 Å². The van der Waals surface area contributed by atoms with Crippen molar-refractivity contribution in [2.24, 2.45) is 0 Å². The lowest BCUT2D eigenvalue weighted by Gasteiger charge is -1.94. The van der Waals surface area contributed by atoms with Gasteiger partial charge in [-0.2, -0.15) is 0 Å². The van der Waals surface area contributed by atoms with E-state index in [9.17, 15) is 17.3 Å². The number of H-pyrrole nitrogens is 1. The predicted molar refractivity (Wildman–Crippen MR) is 42.8 cm³/mol. The van der Waals surface area contributed by atoms with Crippen LogP contribution in [0.15, 0.2) is 12.4 Å². The number of hydrogen-bond acceptors (Lipinski definition) is 1. The fourth-order valence-corrected chi connectivity index (χ4v) is 0.671. The first-order valence-electron chi connectivity index (χ1n) is 3.79. The van der Waals surface area contributed by atoms with Crippen LogP contribution in [0.2, 0.25) is 0 Å². The Morgan fingerprint density at radius 3 is 2.23 bits per heavy atom. The van der Waals surface area contributed by atoms with Crippen molar-refractivity contribution in [2.75, 3.05) is 0 Å².